The lowest BCUT2D eigenvalue weighted by Crippen LogP contribution is -2.45. The molecule has 1 heterocycles. The predicted octanol–water partition coefficient (Wildman–Crippen LogP) is 1.57. The third kappa shape index (κ3) is 5.16. The van der Waals surface area contributed by atoms with Gasteiger partial charge in [-0.2, -0.15) is 5.10 Å². The monoisotopic (exact) mass is 339 g/mol. The lowest BCUT2D eigenvalue weighted by Gasteiger charge is -2.22. The quantitative estimate of drug-likeness (QED) is 0.686. The molecule has 0 bridgehead atoms. The van der Waals surface area contributed by atoms with Crippen LogP contribution in [0.5, 0.6) is 0 Å². The van der Waals surface area contributed by atoms with E-state index in [2.05, 4.69) is 20.8 Å². The number of carbonyl (C=O) groups is 2. The standard InChI is InChI=1S/C15H25N5O2S/c1-10(17-13(21)8-11-6-4-3-5-7-11)14(22)16-9-12-18-19-15(23)20(12)2/h10-11H,3-9H2,1-2H3,(H,16,22)(H,17,21)(H,19,23)/t10-/m1/s1. The summed E-state index contributed by atoms with van der Waals surface area (Å²) in [5, 5.41) is 12.2. The molecule has 0 radical (unpaired) electrons. The maximum atomic E-state index is 12.1. The first kappa shape index (κ1) is 17.7. The van der Waals surface area contributed by atoms with Crippen molar-refractivity contribution < 1.29 is 9.59 Å². The Morgan fingerprint density at radius 3 is 2.70 bits per heavy atom. The number of amides is 2. The largest absolute Gasteiger partial charge is 0.347 e. The van der Waals surface area contributed by atoms with Crippen LogP contribution in [-0.4, -0.2) is 32.6 Å². The van der Waals surface area contributed by atoms with Crippen LogP contribution in [0.1, 0.15) is 51.3 Å². The first-order valence-electron chi connectivity index (χ1n) is 8.14. The van der Waals surface area contributed by atoms with Gasteiger partial charge in [0.25, 0.3) is 0 Å². The highest BCUT2D eigenvalue weighted by Crippen LogP contribution is 2.26. The molecule has 0 saturated heterocycles. The van der Waals surface area contributed by atoms with Crippen LogP contribution in [-0.2, 0) is 23.2 Å². The Labute approximate surface area is 141 Å². The zero-order valence-corrected chi connectivity index (χ0v) is 14.5. The number of nitrogens with one attached hydrogen (secondary N) is 3. The van der Waals surface area contributed by atoms with Crippen LogP contribution in [0.25, 0.3) is 0 Å². The Morgan fingerprint density at radius 2 is 2.09 bits per heavy atom. The van der Waals surface area contributed by atoms with Gasteiger partial charge >= 0.3 is 0 Å². The highest BCUT2D eigenvalue weighted by Gasteiger charge is 2.20. The zero-order valence-electron chi connectivity index (χ0n) is 13.7. The van der Waals surface area contributed by atoms with E-state index >= 15 is 0 Å². The number of aromatic amines is 1. The number of H-pyrrole nitrogens is 1. The molecule has 0 spiro atoms. The molecule has 1 aliphatic rings. The molecule has 0 unspecified atom stereocenters. The number of aromatic nitrogens is 3. The molecule has 2 amide bonds. The molecule has 1 aliphatic carbocycles. The van der Waals surface area contributed by atoms with Crippen LogP contribution in [0.2, 0.25) is 0 Å². The molecule has 23 heavy (non-hydrogen) atoms. The van der Waals surface area contributed by atoms with Crippen molar-refractivity contribution in [1.29, 1.82) is 0 Å². The van der Waals surface area contributed by atoms with Crippen LogP contribution < -0.4 is 10.6 Å². The molecular formula is C15H25N5O2S. The molecule has 3 N–H and O–H groups in total. The van der Waals surface area contributed by atoms with Crippen molar-refractivity contribution in [2.75, 3.05) is 0 Å². The fourth-order valence-electron chi connectivity index (χ4n) is 2.88. The van der Waals surface area contributed by atoms with Crippen molar-refractivity contribution in [3.63, 3.8) is 0 Å². The molecule has 1 aromatic rings. The molecule has 1 fully saturated rings. The van der Waals surface area contributed by atoms with Gasteiger partial charge < -0.3 is 15.2 Å². The van der Waals surface area contributed by atoms with Gasteiger partial charge in [0.1, 0.15) is 6.04 Å². The van der Waals surface area contributed by atoms with E-state index in [9.17, 15) is 9.59 Å². The Bertz CT molecular complexity index is 603. The smallest absolute Gasteiger partial charge is 0.242 e. The maximum absolute atomic E-state index is 12.1. The van der Waals surface area contributed by atoms with Gasteiger partial charge in [-0.15, -0.1) is 0 Å². The van der Waals surface area contributed by atoms with Gasteiger partial charge in [-0.25, -0.2) is 0 Å². The highest BCUT2D eigenvalue weighted by atomic mass is 32.1. The van der Waals surface area contributed by atoms with Crippen LogP contribution in [0.15, 0.2) is 0 Å². The van der Waals surface area contributed by atoms with Gasteiger partial charge in [0.2, 0.25) is 11.8 Å². The SMILES string of the molecule is C[C@@H](NC(=O)CC1CCCCC1)C(=O)NCc1n[nH]c(=S)n1C. The van der Waals surface area contributed by atoms with Crippen molar-refractivity contribution in [1.82, 2.24) is 25.4 Å². The van der Waals surface area contributed by atoms with Crippen molar-refractivity contribution >= 4 is 24.0 Å². The maximum Gasteiger partial charge on any atom is 0.242 e. The predicted molar refractivity (Wildman–Crippen MR) is 89.0 cm³/mol. The summed E-state index contributed by atoms with van der Waals surface area (Å²) in [5.74, 6) is 0.838. The van der Waals surface area contributed by atoms with Crippen molar-refractivity contribution in [3.8, 4) is 0 Å². The summed E-state index contributed by atoms with van der Waals surface area (Å²) < 4.78 is 2.20. The van der Waals surface area contributed by atoms with E-state index in [0.717, 1.165) is 12.8 Å². The number of nitrogens with zero attached hydrogens (tertiary/aromatic N) is 2. The zero-order chi connectivity index (χ0) is 16.8. The van der Waals surface area contributed by atoms with E-state index in [-0.39, 0.29) is 18.4 Å². The van der Waals surface area contributed by atoms with Gasteiger partial charge in [-0.3, -0.25) is 14.7 Å². The first-order valence-corrected chi connectivity index (χ1v) is 8.55. The van der Waals surface area contributed by atoms with Gasteiger partial charge in [0, 0.05) is 13.5 Å². The van der Waals surface area contributed by atoms with E-state index in [1.54, 1.807) is 18.5 Å². The number of hydrogen-bond acceptors (Lipinski definition) is 4. The van der Waals surface area contributed by atoms with Crippen molar-refractivity contribution in [2.24, 2.45) is 13.0 Å². The number of rotatable bonds is 6. The molecule has 1 saturated carbocycles. The van der Waals surface area contributed by atoms with Gasteiger partial charge in [-0.1, -0.05) is 19.3 Å². The molecule has 128 valence electrons. The summed E-state index contributed by atoms with van der Waals surface area (Å²) >= 11 is 5.02. The Kier molecular flexibility index (Phi) is 6.32. The lowest BCUT2D eigenvalue weighted by atomic mass is 9.87. The summed E-state index contributed by atoms with van der Waals surface area (Å²) in [7, 11) is 1.78. The highest BCUT2D eigenvalue weighted by molar-refractivity contribution is 7.71. The molecule has 2 rings (SSSR count). The minimum Gasteiger partial charge on any atom is -0.347 e. The van der Waals surface area contributed by atoms with Crippen molar-refractivity contribution in [3.05, 3.63) is 10.6 Å². The molecule has 0 aromatic carbocycles. The van der Waals surface area contributed by atoms with Gasteiger partial charge in [-0.05, 0) is 37.9 Å². The summed E-state index contributed by atoms with van der Waals surface area (Å²) in [4.78, 5) is 24.1. The van der Waals surface area contributed by atoms with Crippen LogP contribution in [0.4, 0.5) is 0 Å². The van der Waals surface area contributed by atoms with Crippen LogP contribution in [0.3, 0.4) is 0 Å². The Morgan fingerprint density at radius 1 is 1.39 bits per heavy atom. The number of hydrogen-bond donors (Lipinski definition) is 3. The molecule has 1 aromatic heterocycles. The van der Waals surface area contributed by atoms with E-state index in [1.165, 1.54) is 19.3 Å². The van der Waals surface area contributed by atoms with Gasteiger partial charge in [0.05, 0.1) is 6.54 Å². The summed E-state index contributed by atoms with van der Waals surface area (Å²) in [6, 6.07) is -0.557. The average Bonchev–Trinajstić information content (AvgIpc) is 2.85. The second kappa shape index (κ2) is 8.24. The minimum absolute atomic E-state index is 0.0438. The molecule has 8 heteroatoms. The molecule has 0 aliphatic heterocycles. The van der Waals surface area contributed by atoms with E-state index in [1.807, 2.05) is 0 Å². The van der Waals surface area contributed by atoms with E-state index < -0.39 is 6.04 Å². The normalized spacial score (nSPS) is 16.8. The summed E-state index contributed by atoms with van der Waals surface area (Å²) in [6.45, 7) is 1.96. The lowest BCUT2D eigenvalue weighted by molar-refractivity contribution is -0.129. The fourth-order valence-corrected chi connectivity index (χ4v) is 3.03. The molecule has 7 nitrogen and oxygen atoms in total. The molecule has 1 atom stereocenters. The van der Waals surface area contributed by atoms with Crippen molar-refractivity contribution in [2.45, 2.75) is 58.0 Å². The third-order valence-electron chi connectivity index (χ3n) is 4.36. The fraction of sp³-hybridized carbons (Fsp3) is 0.733. The van der Waals surface area contributed by atoms with E-state index in [4.69, 9.17) is 12.2 Å². The Hall–Kier alpha value is -1.70. The van der Waals surface area contributed by atoms with Gasteiger partial charge in [0.15, 0.2) is 10.6 Å². The average molecular weight is 339 g/mol. The topological polar surface area (TPSA) is 91.8 Å². The van der Waals surface area contributed by atoms with Crippen LogP contribution >= 0.6 is 12.2 Å². The second-order valence-corrected chi connectivity index (χ2v) is 6.61. The van der Waals surface area contributed by atoms with E-state index in [0.29, 0.717) is 22.9 Å². The second-order valence-electron chi connectivity index (χ2n) is 6.22. The summed E-state index contributed by atoms with van der Waals surface area (Å²) in [5.41, 5.74) is 0. The summed E-state index contributed by atoms with van der Waals surface area (Å²) in [6.07, 6.45) is 6.44. The first-order chi connectivity index (χ1) is 11.0. The number of carbonyl (C=O) groups excluding carboxylic acids is 2. The minimum atomic E-state index is -0.557. The Balaban J connectivity index is 1.74. The molecular weight excluding hydrogens is 314 g/mol. The third-order valence-corrected chi connectivity index (χ3v) is 4.73. The van der Waals surface area contributed by atoms with Crippen LogP contribution in [0, 0.1) is 10.7 Å².